The average Bonchev–Trinajstić information content (AvgIpc) is 2.29. The summed E-state index contributed by atoms with van der Waals surface area (Å²) in [6.45, 7) is 7.67. The zero-order chi connectivity index (χ0) is 11.8. The third-order valence-corrected chi connectivity index (χ3v) is 3.04. The number of rotatable bonds is 7. The summed E-state index contributed by atoms with van der Waals surface area (Å²) in [6, 6.07) is 6.44. The fraction of sp³-hybridized carbons (Fsp3) is 0.538. The van der Waals surface area contributed by atoms with Crippen LogP contribution in [0.15, 0.2) is 22.7 Å². The van der Waals surface area contributed by atoms with Gasteiger partial charge in [-0.15, -0.1) is 0 Å². The molecule has 0 saturated carbocycles. The summed E-state index contributed by atoms with van der Waals surface area (Å²) in [6.07, 6.45) is 1.07. The van der Waals surface area contributed by atoms with E-state index in [-0.39, 0.29) is 0 Å². The molecule has 0 spiro atoms. The summed E-state index contributed by atoms with van der Waals surface area (Å²) in [5.74, 6) is 0. The summed E-state index contributed by atoms with van der Waals surface area (Å²) < 4.78 is 6.66. The van der Waals surface area contributed by atoms with Gasteiger partial charge in [0.1, 0.15) is 0 Å². The lowest BCUT2D eigenvalue weighted by Crippen LogP contribution is -2.11. The standard InChI is InChI=1S/C13H20BrNO/c1-3-7-16-10-12-6-5-11(8-13(12)14)9-15-4-2/h5-6,8,15H,3-4,7,9-10H2,1-2H3. The summed E-state index contributed by atoms with van der Waals surface area (Å²) in [7, 11) is 0. The predicted octanol–water partition coefficient (Wildman–Crippen LogP) is 3.49. The molecule has 0 heterocycles. The normalized spacial score (nSPS) is 10.7. The number of hydrogen-bond donors (Lipinski definition) is 1. The Morgan fingerprint density at radius 1 is 1.31 bits per heavy atom. The Hall–Kier alpha value is -0.380. The van der Waals surface area contributed by atoms with Crippen molar-refractivity contribution in [3.8, 4) is 0 Å². The van der Waals surface area contributed by atoms with E-state index in [2.05, 4.69) is 53.3 Å². The van der Waals surface area contributed by atoms with Crippen molar-refractivity contribution in [1.82, 2.24) is 5.32 Å². The molecule has 0 radical (unpaired) electrons. The van der Waals surface area contributed by atoms with Gasteiger partial charge in [0.2, 0.25) is 0 Å². The molecule has 0 amide bonds. The van der Waals surface area contributed by atoms with Gasteiger partial charge in [-0.3, -0.25) is 0 Å². The molecule has 2 nitrogen and oxygen atoms in total. The van der Waals surface area contributed by atoms with Gasteiger partial charge in [0.05, 0.1) is 6.61 Å². The van der Waals surface area contributed by atoms with Crippen molar-refractivity contribution >= 4 is 15.9 Å². The Labute approximate surface area is 107 Å². The summed E-state index contributed by atoms with van der Waals surface area (Å²) in [5.41, 5.74) is 2.52. The largest absolute Gasteiger partial charge is 0.377 e. The fourth-order valence-corrected chi connectivity index (χ4v) is 1.95. The Bertz CT molecular complexity index is 315. The zero-order valence-corrected chi connectivity index (χ0v) is 11.6. The molecule has 1 rings (SSSR count). The smallest absolute Gasteiger partial charge is 0.0727 e. The van der Waals surface area contributed by atoms with Crippen molar-refractivity contribution in [2.75, 3.05) is 13.2 Å². The molecule has 0 aromatic heterocycles. The van der Waals surface area contributed by atoms with E-state index in [0.29, 0.717) is 6.61 Å². The first-order chi connectivity index (χ1) is 7.77. The van der Waals surface area contributed by atoms with Gasteiger partial charge in [0.25, 0.3) is 0 Å². The Kier molecular flexibility index (Phi) is 6.69. The minimum atomic E-state index is 0.690. The average molecular weight is 286 g/mol. The summed E-state index contributed by atoms with van der Waals surface area (Å²) >= 11 is 3.58. The number of nitrogens with one attached hydrogen (secondary N) is 1. The van der Waals surface area contributed by atoms with E-state index in [9.17, 15) is 0 Å². The van der Waals surface area contributed by atoms with Gasteiger partial charge in [0.15, 0.2) is 0 Å². The molecule has 0 unspecified atom stereocenters. The lowest BCUT2D eigenvalue weighted by molar-refractivity contribution is 0.121. The Morgan fingerprint density at radius 2 is 2.12 bits per heavy atom. The maximum atomic E-state index is 5.53. The molecule has 90 valence electrons. The van der Waals surface area contributed by atoms with Crippen LogP contribution >= 0.6 is 15.9 Å². The van der Waals surface area contributed by atoms with Gasteiger partial charge in [-0.05, 0) is 30.2 Å². The molecule has 1 aromatic rings. The molecule has 0 atom stereocenters. The predicted molar refractivity (Wildman–Crippen MR) is 71.5 cm³/mol. The van der Waals surface area contributed by atoms with Crippen LogP contribution in [0.25, 0.3) is 0 Å². The molecule has 0 aliphatic rings. The van der Waals surface area contributed by atoms with Gasteiger partial charge in [-0.25, -0.2) is 0 Å². The second-order valence-corrected chi connectivity index (χ2v) is 4.61. The Morgan fingerprint density at radius 3 is 2.75 bits per heavy atom. The lowest BCUT2D eigenvalue weighted by Gasteiger charge is -2.08. The van der Waals surface area contributed by atoms with Crippen LogP contribution in [0.1, 0.15) is 31.4 Å². The van der Waals surface area contributed by atoms with E-state index in [4.69, 9.17) is 4.74 Å². The van der Waals surface area contributed by atoms with Crippen molar-refractivity contribution in [2.24, 2.45) is 0 Å². The van der Waals surface area contributed by atoms with Crippen LogP contribution in [0.4, 0.5) is 0 Å². The third kappa shape index (κ3) is 4.64. The van der Waals surface area contributed by atoms with Crippen LogP contribution in [0.5, 0.6) is 0 Å². The molecule has 1 N–H and O–H groups in total. The van der Waals surface area contributed by atoms with Gasteiger partial charge >= 0.3 is 0 Å². The molecule has 16 heavy (non-hydrogen) atoms. The topological polar surface area (TPSA) is 21.3 Å². The van der Waals surface area contributed by atoms with Gasteiger partial charge in [-0.2, -0.15) is 0 Å². The van der Waals surface area contributed by atoms with Crippen LogP contribution in [0, 0.1) is 0 Å². The van der Waals surface area contributed by atoms with E-state index in [1.165, 1.54) is 11.1 Å². The SMILES string of the molecule is CCCOCc1ccc(CNCC)cc1Br. The van der Waals surface area contributed by atoms with Crippen LogP contribution < -0.4 is 5.32 Å². The highest BCUT2D eigenvalue weighted by atomic mass is 79.9. The van der Waals surface area contributed by atoms with Crippen molar-refractivity contribution in [3.63, 3.8) is 0 Å². The van der Waals surface area contributed by atoms with E-state index >= 15 is 0 Å². The van der Waals surface area contributed by atoms with Crippen LogP contribution in [-0.2, 0) is 17.9 Å². The lowest BCUT2D eigenvalue weighted by atomic mass is 10.1. The monoisotopic (exact) mass is 285 g/mol. The highest BCUT2D eigenvalue weighted by Crippen LogP contribution is 2.19. The van der Waals surface area contributed by atoms with E-state index in [1.54, 1.807) is 0 Å². The first-order valence-electron chi connectivity index (χ1n) is 5.83. The molecule has 1 aromatic carbocycles. The number of ether oxygens (including phenoxy) is 1. The molecular weight excluding hydrogens is 266 g/mol. The quantitative estimate of drug-likeness (QED) is 0.775. The molecular formula is C13H20BrNO. The molecule has 0 aliphatic carbocycles. The molecule has 0 fully saturated rings. The Balaban J connectivity index is 2.53. The van der Waals surface area contributed by atoms with Crippen molar-refractivity contribution in [2.45, 2.75) is 33.4 Å². The fourth-order valence-electron chi connectivity index (χ4n) is 1.41. The molecule has 0 aliphatic heterocycles. The number of halogens is 1. The van der Waals surface area contributed by atoms with Gasteiger partial charge < -0.3 is 10.1 Å². The first kappa shape index (κ1) is 13.7. The summed E-state index contributed by atoms with van der Waals surface area (Å²) in [5, 5.41) is 3.31. The first-order valence-corrected chi connectivity index (χ1v) is 6.63. The van der Waals surface area contributed by atoms with E-state index in [1.807, 2.05) is 0 Å². The highest BCUT2D eigenvalue weighted by Gasteiger charge is 2.01. The van der Waals surface area contributed by atoms with Crippen LogP contribution in [0.2, 0.25) is 0 Å². The van der Waals surface area contributed by atoms with Crippen molar-refractivity contribution < 1.29 is 4.74 Å². The van der Waals surface area contributed by atoms with E-state index in [0.717, 1.165) is 30.6 Å². The number of hydrogen-bond acceptors (Lipinski definition) is 2. The van der Waals surface area contributed by atoms with Crippen molar-refractivity contribution in [1.29, 1.82) is 0 Å². The highest BCUT2D eigenvalue weighted by molar-refractivity contribution is 9.10. The third-order valence-electron chi connectivity index (χ3n) is 2.30. The molecule has 3 heteroatoms. The zero-order valence-electron chi connectivity index (χ0n) is 10.1. The second kappa shape index (κ2) is 7.82. The van der Waals surface area contributed by atoms with E-state index < -0.39 is 0 Å². The minimum absolute atomic E-state index is 0.690. The minimum Gasteiger partial charge on any atom is -0.377 e. The van der Waals surface area contributed by atoms with Gasteiger partial charge in [-0.1, -0.05) is 41.9 Å². The summed E-state index contributed by atoms with van der Waals surface area (Å²) in [4.78, 5) is 0. The maximum absolute atomic E-state index is 5.53. The molecule has 0 bridgehead atoms. The van der Waals surface area contributed by atoms with Gasteiger partial charge in [0, 0.05) is 17.6 Å². The van der Waals surface area contributed by atoms with Crippen LogP contribution in [-0.4, -0.2) is 13.2 Å². The molecule has 0 saturated heterocycles. The van der Waals surface area contributed by atoms with Crippen LogP contribution in [0.3, 0.4) is 0 Å². The maximum Gasteiger partial charge on any atom is 0.0727 e. The second-order valence-electron chi connectivity index (χ2n) is 3.76. The number of benzene rings is 1. The van der Waals surface area contributed by atoms with Crippen molar-refractivity contribution in [3.05, 3.63) is 33.8 Å².